The molecule has 0 saturated heterocycles. The van der Waals surface area contributed by atoms with Gasteiger partial charge < -0.3 is 10.6 Å². The zero-order chi connectivity index (χ0) is 12.4. The van der Waals surface area contributed by atoms with Crippen molar-refractivity contribution in [3.05, 3.63) is 24.3 Å². The van der Waals surface area contributed by atoms with Gasteiger partial charge in [-0.05, 0) is 6.07 Å². The molecule has 0 atom stereocenters. The maximum Gasteiger partial charge on any atom is 0.221 e. The van der Waals surface area contributed by atoms with Crippen molar-refractivity contribution in [2.75, 3.05) is 10.6 Å². The van der Waals surface area contributed by atoms with E-state index in [2.05, 4.69) is 10.6 Å². The number of thiophene rings is 1. The van der Waals surface area contributed by atoms with Gasteiger partial charge in [0.2, 0.25) is 11.8 Å². The Labute approximate surface area is 103 Å². The van der Waals surface area contributed by atoms with Gasteiger partial charge in [-0.1, -0.05) is 18.2 Å². The standard InChI is InChI=1S/C12H12N2O2S/c1-7(15)13-11-9-5-3-4-6-10(9)17-12(11)14-8(2)16/h3-6H,1-2H3,(H,13,15)(H,14,16). The van der Waals surface area contributed by atoms with Crippen LogP contribution in [0.5, 0.6) is 0 Å². The van der Waals surface area contributed by atoms with Crippen molar-refractivity contribution in [1.29, 1.82) is 0 Å². The Kier molecular flexibility index (Phi) is 3.10. The molecule has 1 aromatic heterocycles. The summed E-state index contributed by atoms with van der Waals surface area (Å²) < 4.78 is 1.03. The molecule has 2 aromatic rings. The quantitative estimate of drug-likeness (QED) is 0.858. The van der Waals surface area contributed by atoms with Crippen LogP contribution in [0.15, 0.2) is 24.3 Å². The minimum atomic E-state index is -0.153. The summed E-state index contributed by atoms with van der Waals surface area (Å²) in [5.74, 6) is -0.302. The molecule has 0 spiro atoms. The highest BCUT2D eigenvalue weighted by Gasteiger charge is 2.13. The summed E-state index contributed by atoms with van der Waals surface area (Å²) in [6, 6.07) is 7.70. The lowest BCUT2D eigenvalue weighted by Gasteiger charge is -2.04. The van der Waals surface area contributed by atoms with Gasteiger partial charge in [0, 0.05) is 23.9 Å². The van der Waals surface area contributed by atoms with Gasteiger partial charge in [-0.2, -0.15) is 0 Å². The van der Waals surface area contributed by atoms with Gasteiger partial charge in [-0.25, -0.2) is 0 Å². The lowest BCUT2D eigenvalue weighted by Crippen LogP contribution is -2.10. The minimum absolute atomic E-state index is 0.150. The zero-order valence-corrected chi connectivity index (χ0v) is 10.4. The molecule has 0 aliphatic heterocycles. The third kappa shape index (κ3) is 2.45. The van der Waals surface area contributed by atoms with Crippen LogP contribution in [-0.4, -0.2) is 11.8 Å². The molecule has 0 radical (unpaired) electrons. The predicted octanol–water partition coefficient (Wildman–Crippen LogP) is 2.82. The molecule has 4 nitrogen and oxygen atoms in total. The second-order valence-corrected chi connectivity index (χ2v) is 4.72. The number of anilines is 2. The summed E-state index contributed by atoms with van der Waals surface area (Å²) in [6.45, 7) is 2.89. The summed E-state index contributed by atoms with van der Waals surface area (Å²) in [7, 11) is 0. The predicted molar refractivity (Wildman–Crippen MR) is 70.4 cm³/mol. The van der Waals surface area contributed by atoms with Crippen molar-refractivity contribution < 1.29 is 9.59 Å². The third-order valence-electron chi connectivity index (χ3n) is 2.19. The van der Waals surface area contributed by atoms with Crippen LogP contribution in [0.1, 0.15) is 13.8 Å². The third-order valence-corrected chi connectivity index (χ3v) is 3.27. The number of nitrogens with one attached hydrogen (secondary N) is 2. The Morgan fingerprint density at radius 3 is 2.35 bits per heavy atom. The Balaban J connectivity index is 2.56. The number of hydrogen-bond acceptors (Lipinski definition) is 3. The fourth-order valence-corrected chi connectivity index (χ4v) is 2.70. The molecule has 2 N–H and O–H groups in total. The fraction of sp³-hybridized carbons (Fsp3) is 0.167. The van der Waals surface area contributed by atoms with E-state index in [1.165, 1.54) is 25.2 Å². The van der Waals surface area contributed by atoms with E-state index in [-0.39, 0.29) is 11.8 Å². The summed E-state index contributed by atoms with van der Waals surface area (Å²) in [5.41, 5.74) is 0.674. The van der Waals surface area contributed by atoms with E-state index in [1.807, 2.05) is 24.3 Å². The maximum atomic E-state index is 11.2. The van der Waals surface area contributed by atoms with Crippen LogP contribution in [0.25, 0.3) is 10.1 Å². The molecule has 0 aliphatic rings. The van der Waals surface area contributed by atoms with Crippen LogP contribution < -0.4 is 10.6 Å². The molecule has 5 heteroatoms. The molecule has 2 amide bonds. The minimum Gasteiger partial charge on any atom is -0.323 e. The lowest BCUT2D eigenvalue weighted by atomic mass is 10.2. The second kappa shape index (κ2) is 4.55. The van der Waals surface area contributed by atoms with E-state index in [1.54, 1.807) is 0 Å². The van der Waals surface area contributed by atoms with Crippen molar-refractivity contribution in [2.45, 2.75) is 13.8 Å². The van der Waals surface area contributed by atoms with Crippen LogP contribution in [-0.2, 0) is 9.59 Å². The summed E-state index contributed by atoms with van der Waals surface area (Å²) in [6.07, 6.45) is 0. The summed E-state index contributed by atoms with van der Waals surface area (Å²) in [4.78, 5) is 22.3. The molecule has 0 fully saturated rings. The first kappa shape index (κ1) is 11.6. The number of hydrogen-bond donors (Lipinski definition) is 2. The number of carbonyl (C=O) groups is 2. The molecule has 2 rings (SSSR count). The number of fused-ring (bicyclic) bond motifs is 1. The van der Waals surface area contributed by atoms with Gasteiger partial charge in [-0.3, -0.25) is 9.59 Å². The number of benzene rings is 1. The molecular weight excluding hydrogens is 236 g/mol. The van der Waals surface area contributed by atoms with Crippen molar-refractivity contribution >= 4 is 43.9 Å². The number of amides is 2. The van der Waals surface area contributed by atoms with Gasteiger partial charge in [0.1, 0.15) is 5.00 Å². The van der Waals surface area contributed by atoms with E-state index in [0.29, 0.717) is 10.7 Å². The van der Waals surface area contributed by atoms with Gasteiger partial charge in [0.05, 0.1) is 5.69 Å². The van der Waals surface area contributed by atoms with Gasteiger partial charge >= 0.3 is 0 Å². The van der Waals surface area contributed by atoms with Crippen molar-refractivity contribution in [1.82, 2.24) is 0 Å². The lowest BCUT2D eigenvalue weighted by molar-refractivity contribution is -0.115. The smallest absolute Gasteiger partial charge is 0.221 e. The van der Waals surface area contributed by atoms with Gasteiger partial charge in [0.15, 0.2) is 0 Å². The topological polar surface area (TPSA) is 58.2 Å². The Bertz CT molecular complexity index is 589. The molecule has 1 aromatic carbocycles. The van der Waals surface area contributed by atoms with Gasteiger partial charge in [0.25, 0.3) is 0 Å². The monoisotopic (exact) mass is 248 g/mol. The van der Waals surface area contributed by atoms with E-state index >= 15 is 0 Å². The van der Waals surface area contributed by atoms with Crippen molar-refractivity contribution in [2.24, 2.45) is 0 Å². The molecule has 88 valence electrons. The van der Waals surface area contributed by atoms with E-state index in [0.717, 1.165) is 10.1 Å². The Hall–Kier alpha value is -1.88. The summed E-state index contributed by atoms with van der Waals surface area (Å²) >= 11 is 1.45. The average molecular weight is 248 g/mol. The SMILES string of the molecule is CC(=O)Nc1sc2ccccc2c1NC(C)=O. The molecular formula is C12H12N2O2S. The summed E-state index contributed by atoms with van der Waals surface area (Å²) in [5, 5.41) is 7.11. The molecule has 17 heavy (non-hydrogen) atoms. The first-order valence-electron chi connectivity index (χ1n) is 5.14. The molecule has 0 unspecified atom stereocenters. The van der Waals surface area contributed by atoms with Crippen LogP contribution >= 0.6 is 11.3 Å². The highest BCUT2D eigenvalue weighted by molar-refractivity contribution is 7.23. The van der Waals surface area contributed by atoms with Crippen LogP contribution in [0.3, 0.4) is 0 Å². The van der Waals surface area contributed by atoms with Gasteiger partial charge in [-0.15, -0.1) is 11.3 Å². The van der Waals surface area contributed by atoms with E-state index in [4.69, 9.17) is 0 Å². The number of carbonyl (C=O) groups excluding carboxylic acids is 2. The highest BCUT2D eigenvalue weighted by atomic mass is 32.1. The van der Waals surface area contributed by atoms with Crippen molar-refractivity contribution in [3.8, 4) is 0 Å². The average Bonchev–Trinajstić information content (AvgIpc) is 2.55. The molecule has 0 saturated carbocycles. The zero-order valence-electron chi connectivity index (χ0n) is 9.53. The molecule has 1 heterocycles. The Morgan fingerprint density at radius 1 is 1.06 bits per heavy atom. The Morgan fingerprint density at radius 2 is 1.71 bits per heavy atom. The fourth-order valence-electron chi connectivity index (χ4n) is 1.59. The van der Waals surface area contributed by atoms with Crippen LogP contribution in [0.2, 0.25) is 0 Å². The van der Waals surface area contributed by atoms with E-state index in [9.17, 15) is 9.59 Å². The molecule has 0 bridgehead atoms. The normalized spacial score (nSPS) is 10.2. The number of rotatable bonds is 2. The maximum absolute atomic E-state index is 11.2. The largest absolute Gasteiger partial charge is 0.323 e. The first-order valence-corrected chi connectivity index (χ1v) is 5.96. The highest BCUT2D eigenvalue weighted by Crippen LogP contribution is 2.39. The van der Waals surface area contributed by atoms with E-state index < -0.39 is 0 Å². The van der Waals surface area contributed by atoms with Crippen LogP contribution in [0, 0.1) is 0 Å². The second-order valence-electron chi connectivity index (χ2n) is 3.66. The molecule has 0 aliphatic carbocycles. The first-order chi connectivity index (χ1) is 8.08. The van der Waals surface area contributed by atoms with Crippen LogP contribution in [0.4, 0.5) is 10.7 Å². The van der Waals surface area contributed by atoms with Crippen molar-refractivity contribution in [3.63, 3.8) is 0 Å².